The molecular weight excluding hydrogens is 326 g/mol. The summed E-state index contributed by atoms with van der Waals surface area (Å²) in [6.07, 6.45) is 0.291. The van der Waals surface area contributed by atoms with Gasteiger partial charge in [0.15, 0.2) is 0 Å². The summed E-state index contributed by atoms with van der Waals surface area (Å²) < 4.78 is 1.00. The first-order valence-electron chi connectivity index (χ1n) is 7.35. The van der Waals surface area contributed by atoms with E-state index in [1.165, 1.54) is 11.3 Å². The highest BCUT2D eigenvalue weighted by atomic mass is 79.9. The zero-order valence-corrected chi connectivity index (χ0v) is 14.2. The van der Waals surface area contributed by atoms with E-state index in [-0.39, 0.29) is 0 Å². The molecule has 0 aliphatic heterocycles. The average Bonchev–Trinajstić information content (AvgIpc) is 2.48. The van der Waals surface area contributed by atoms with E-state index < -0.39 is 6.10 Å². The second-order valence-electron chi connectivity index (χ2n) is 5.28. The average molecular weight is 348 g/mol. The third-order valence-corrected chi connectivity index (χ3v) is 4.15. The highest BCUT2D eigenvalue weighted by Gasteiger charge is 2.11. The zero-order chi connectivity index (χ0) is 15.2. The minimum atomic E-state index is -0.429. The molecule has 0 aliphatic rings. The van der Waals surface area contributed by atoms with Crippen LogP contribution in [0.25, 0.3) is 0 Å². The number of anilines is 1. The van der Waals surface area contributed by atoms with Crippen LogP contribution in [0.5, 0.6) is 0 Å². The fourth-order valence-corrected chi connectivity index (χ4v) is 2.87. The quantitative estimate of drug-likeness (QED) is 0.817. The number of hydrogen-bond acceptors (Lipinski definition) is 2. The molecule has 1 atom stereocenters. The van der Waals surface area contributed by atoms with Crippen molar-refractivity contribution in [1.82, 2.24) is 0 Å². The number of aliphatic hydroxyl groups is 1. The van der Waals surface area contributed by atoms with Gasteiger partial charge in [0.25, 0.3) is 0 Å². The predicted molar refractivity (Wildman–Crippen MR) is 92.8 cm³/mol. The summed E-state index contributed by atoms with van der Waals surface area (Å²) in [7, 11) is 0. The van der Waals surface area contributed by atoms with Crippen molar-refractivity contribution in [3.05, 3.63) is 64.1 Å². The van der Waals surface area contributed by atoms with Gasteiger partial charge in [0.05, 0.1) is 6.10 Å². The molecule has 0 heterocycles. The molecule has 1 unspecified atom stereocenters. The monoisotopic (exact) mass is 347 g/mol. The lowest BCUT2D eigenvalue weighted by Crippen LogP contribution is -2.25. The SMILES string of the molecule is CCN(CCC(O)c1cccc(Br)c1)c1cccc(C)c1. The molecule has 21 heavy (non-hydrogen) atoms. The third kappa shape index (κ3) is 4.58. The van der Waals surface area contributed by atoms with Crippen molar-refractivity contribution in [3.63, 3.8) is 0 Å². The largest absolute Gasteiger partial charge is 0.388 e. The van der Waals surface area contributed by atoms with E-state index in [2.05, 4.69) is 58.9 Å². The van der Waals surface area contributed by atoms with Crippen molar-refractivity contribution in [3.8, 4) is 0 Å². The van der Waals surface area contributed by atoms with E-state index in [0.717, 1.165) is 29.5 Å². The number of halogens is 1. The number of aryl methyl sites for hydroxylation is 1. The van der Waals surface area contributed by atoms with Gasteiger partial charge in [-0.25, -0.2) is 0 Å². The van der Waals surface area contributed by atoms with Crippen molar-refractivity contribution < 1.29 is 5.11 Å². The van der Waals surface area contributed by atoms with Gasteiger partial charge in [-0.05, 0) is 55.7 Å². The van der Waals surface area contributed by atoms with Crippen LogP contribution in [0.4, 0.5) is 5.69 Å². The van der Waals surface area contributed by atoms with E-state index in [1.807, 2.05) is 24.3 Å². The standard InChI is InChI=1S/C18H22BrNO/c1-3-20(17-9-4-6-14(2)12-17)11-10-18(21)15-7-5-8-16(19)13-15/h4-9,12-13,18,21H,3,10-11H2,1-2H3. The van der Waals surface area contributed by atoms with Gasteiger partial charge >= 0.3 is 0 Å². The summed E-state index contributed by atoms with van der Waals surface area (Å²) in [5, 5.41) is 10.3. The van der Waals surface area contributed by atoms with Crippen LogP contribution >= 0.6 is 15.9 Å². The Morgan fingerprint density at radius 3 is 2.57 bits per heavy atom. The third-order valence-electron chi connectivity index (χ3n) is 3.65. The van der Waals surface area contributed by atoms with Crippen LogP contribution in [0.1, 0.15) is 30.6 Å². The lowest BCUT2D eigenvalue weighted by Gasteiger charge is -2.25. The smallest absolute Gasteiger partial charge is 0.0807 e. The molecule has 0 aromatic heterocycles. The molecule has 0 bridgehead atoms. The van der Waals surface area contributed by atoms with Crippen LogP contribution in [0.2, 0.25) is 0 Å². The minimum absolute atomic E-state index is 0.429. The predicted octanol–water partition coefficient (Wildman–Crippen LogP) is 4.71. The maximum absolute atomic E-state index is 10.3. The van der Waals surface area contributed by atoms with Crippen molar-refractivity contribution in [1.29, 1.82) is 0 Å². The summed E-state index contributed by atoms with van der Waals surface area (Å²) in [5.74, 6) is 0. The topological polar surface area (TPSA) is 23.5 Å². The maximum atomic E-state index is 10.3. The van der Waals surface area contributed by atoms with E-state index in [0.29, 0.717) is 0 Å². The van der Waals surface area contributed by atoms with E-state index >= 15 is 0 Å². The van der Waals surface area contributed by atoms with Gasteiger partial charge in [-0.3, -0.25) is 0 Å². The Morgan fingerprint density at radius 2 is 1.90 bits per heavy atom. The fraction of sp³-hybridized carbons (Fsp3) is 0.333. The van der Waals surface area contributed by atoms with Gasteiger partial charge in [0.2, 0.25) is 0 Å². The number of hydrogen-bond donors (Lipinski definition) is 1. The number of aliphatic hydroxyl groups excluding tert-OH is 1. The van der Waals surface area contributed by atoms with Crippen LogP contribution in [0, 0.1) is 6.92 Å². The molecule has 0 saturated carbocycles. The first-order valence-corrected chi connectivity index (χ1v) is 8.14. The second-order valence-corrected chi connectivity index (χ2v) is 6.19. The number of rotatable bonds is 6. The molecule has 112 valence electrons. The second kappa shape index (κ2) is 7.62. The Bertz CT molecular complexity index is 585. The molecule has 2 aromatic rings. The summed E-state index contributed by atoms with van der Waals surface area (Å²) in [4.78, 5) is 2.30. The molecular formula is C18H22BrNO. The van der Waals surface area contributed by atoms with Crippen molar-refractivity contribution in [2.24, 2.45) is 0 Å². The molecule has 2 nitrogen and oxygen atoms in total. The van der Waals surface area contributed by atoms with Gasteiger partial charge in [0, 0.05) is 23.2 Å². The fourth-order valence-electron chi connectivity index (χ4n) is 2.45. The molecule has 3 heteroatoms. The highest BCUT2D eigenvalue weighted by Crippen LogP contribution is 2.22. The summed E-state index contributed by atoms with van der Waals surface area (Å²) in [6.45, 7) is 6.03. The highest BCUT2D eigenvalue weighted by molar-refractivity contribution is 9.10. The number of nitrogens with zero attached hydrogens (tertiary/aromatic N) is 1. The Labute approximate surface area is 135 Å². The Hall–Kier alpha value is -1.32. The normalized spacial score (nSPS) is 12.2. The molecule has 1 N–H and O–H groups in total. The van der Waals surface area contributed by atoms with Gasteiger partial charge < -0.3 is 10.0 Å². The Balaban J connectivity index is 2.00. The van der Waals surface area contributed by atoms with Crippen molar-refractivity contribution in [2.75, 3.05) is 18.0 Å². The van der Waals surface area contributed by atoms with Gasteiger partial charge in [-0.15, -0.1) is 0 Å². The summed E-state index contributed by atoms with van der Waals surface area (Å²) >= 11 is 3.45. The van der Waals surface area contributed by atoms with Crippen LogP contribution in [-0.4, -0.2) is 18.2 Å². The molecule has 0 amide bonds. The molecule has 0 spiro atoms. The van der Waals surface area contributed by atoms with Crippen LogP contribution in [0.15, 0.2) is 53.0 Å². The Kier molecular flexibility index (Phi) is 5.83. The van der Waals surface area contributed by atoms with Crippen LogP contribution in [0.3, 0.4) is 0 Å². The van der Waals surface area contributed by atoms with Crippen LogP contribution < -0.4 is 4.90 Å². The first kappa shape index (κ1) is 16.1. The number of benzene rings is 2. The van der Waals surface area contributed by atoms with E-state index in [9.17, 15) is 5.11 Å². The summed E-state index contributed by atoms with van der Waals surface area (Å²) in [6, 6.07) is 16.4. The van der Waals surface area contributed by atoms with E-state index in [4.69, 9.17) is 0 Å². The molecule has 0 saturated heterocycles. The molecule has 0 fully saturated rings. The Morgan fingerprint density at radius 1 is 1.14 bits per heavy atom. The molecule has 0 aliphatic carbocycles. The molecule has 2 rings (SSSR count). The van der Waals surface area contributed by atoms with E-state index in [1.54, 1.807) is 0 Å². The first-order chi connectivity index (χ1) is 10.1. The zero-order valence-electron chi connectivity index (χ0n) is 12.6. The maximum Gasteiger partial charge on any atom is 0.0807 e. The lowest BCUT2D eigenvalue weighted by molar-refractivity contribution is 0.169. The van der Waals surface area contributed by atoms with Crippen molar-refractivity contribution in [2.45, 2.75) is 26.4 Å². The van der Waals surface area contributed by atoms with Gasteiger partial charge in [0.1, 0.15) is 0 Å². The molecule has 0 radical (unpaired) electrons. The minimum Gasteiger partial charge on any atom is -0.388 e. The van der Waals surface area contributed by atoms with Crippen LogP contribution in [-0.2, 0) is 0 Å². The van der Waals surface area contributed by atoms with Gasteiger partial charge in [-0.1, -0.05) is 40.2 Å². The van der Waals surface area contributed by atoms with Gasteiger partial charge in [-0.2, -0.15) is 0 Å². The lowest BCUT2D eigenvalue weighted by atomic mass is 10.1. The molecule has 2 aromatic carbocycles. The summed E-state index contributed by atoms with van der Waals surface area (Å²) in [5.41, 5.74) is 3.45. The van der Waals surface area contributed by atoms with Crippen molar-refractivity contribution >= 4 is 21.6 Å².